The summed E-state index contributed by atoms with van der Waals surface area (Å²) in [6, 6.07) is 8.21. The van der Waals surface area contributed by atoms with Crippen molar-refractivity contribution in [3.05, 3.63) is 52.3 Å². The maximum Gasteiger partial charge on any atom is 0.293 e. The fourth-order valence-corrected chi connectivity index (χ4v) is 2.83. The Morgan fingerprint density at radius 3 is 2.88 bits per heavy atom. The van der Waals surface area contributed by atoms with Crippen LogP contribution in [-0.2, 0) is 0 Å². The van der Waals surface area contributed by atoms with Crippen LogP contribution in [0.15, 0.2) is 36.7 Å². The number of aromatic nitrogens is 2. The maximum absolute atomic E-state index is 11.2. The lowest BCUT2D eigenvalue weighted by Crippen LogP contribution is -2.43. The third kappa shape index (κ3) is 3.41. The van der Waals surface area contributed by atoms with Gasteiger partial charge in [-0.05, 0) is 31.0 Å². The Bertz CT molecular complexity index is 774. The van der Waals surface area contributed by atoms with E-state index in [0.29, 0.717) is 18.2 Å². The van der Waals surface area contributed by atoms with Crippen molar-refractivity contribution in [3.8, 4) is 6.07 Å². The molecular formula is C16H16N6O2. The second kappa shape index (κ2) is 6.91. The van der Waals surface area contributed by atoms with Gasteiger partial charge in [0.05, 0.1) is 16.6 Å². The van der Waals surface area contributed by atoms with Gasteiger partial charge in [-0.1, -0.05) is 0 Å². The number of hydrogen-bond donors (Lipinski definition) is 1. The third-order valence-corrected chi connectivity index (χ3v) is 3.94. The summed E-state index contributed by atoms with van der Waals surface area (Å²) >= 11 is 0. The van der Waals surface area contributed by atoms with Crippen molar-refractivity contribution in [2.75, 3.05) is 23.3 Å². The topological polar surface area (TPSA) is 108 Å². The predicted octanol–water partition coefficient (Wildman–Crippen LogP) is 2.34. The van der Waals surface area contributed by atoms with Crippen LogP contribution < -0.4 is 10.2 Å². The number of rotatable bonds is 4. The van der Waals surface area contributed by atoms with Gasteiger partial charge in [-0.3, -0.25) is 10.1 Å². The molecule has 1 unspecified atom stereocenters. The Morgan fingerprint density at radius 1 is 1.38 bits per heavy atom. The van der Waals surface area contributed by atoms with Gasteiger partial charge in [0.15, 0.2) is 0 Å². The standard InChI is InChI=1S/C16H16N6O2/c17-10-12-4-5-14(15(9-12)22(23)24)20-13-3-1-8-21(11-13)16-18-6-2-7-19-16/h2,4-7,9,13,20H,1,3,8,11H2. The second-order valence-corrected chi connectivity index (χ2v) is 5.58. The van der Waals surface area contributed by atoms with Gasteiger partial charge in [0, 0.05) is 37.6 Å². The number of piperidine rings is 1. The highest BCUT2D eigenvalue weighted by Gasteiger charge is 2.24. The molecule has 3 rings (SSSR count). The van der Waals surface area contributed by atoms with Crippen LogP contribution in [0.4, 0.5) is 17.3 Å². The zero-order valence-electron chi connectivity index (χ0n) is 12.9. The van der Waals surface area contributed by atoms with Crippen LogP contribution >= 0.6 is 0 Å². The summed E-state index contributed by atoms with van der Waals surface area (Å²) in [5.41, 5.74) is 0.622. The lowest BCUT2D eigenvalue weighted by Gasteiger charge is -2.33. The molecule has 0 aliphatic carbocycles. The molecule has 1 saturated heterocycles. The Balaban J connectivity index is 1.76. The van der Waals surface area contributed by atoms with Crippen molar-refractivity contribution >= 4 is 17.3 Å². The number of nitrogens with one attached hydrogen (secondary N) is 1. The Hall–Kier alpha value is -3.21. The van der Waals surface area contributed by atoms with E-state index >= 15 is 0 Å². The molecule has 1 fully saturated rings. The lowest BCUT2D eigenvalue weighted by molar-refractivity contribution is -0.384. The normalized spacial score (nSPS) is 17.1. The number of benzene rings is 1. The molecule has 1 aromatic heterocycles. The van der Waals surface area contributed by atoms with E-state index in [1.807, 2.05) is 6.07 Å². The van der Waals surface area contributed by atoms with Gasteiger partial charge in [-0.15, -0.1) is 0 Å². The minimum atomic E-state index is -0.468. The van der Waals surface area contributed by atoms with Crippen molar-refractivity contribution in [2.24, 2.45) is 0 Å². The average Bonchev–Trinajstić information content (AvgIpc) is 2.63. The zero-order valence-corrected chi connectivity index (χ0v) is 12.9. The van der Waals surface area contributed by atoms with Crippen LogP contribution in [0.2, 0.25) is 0 Å². The highest BCUT2D eigenvalue weighted by atomic mass is 16.6. The van der Waals surface area contributed by atoms with Gasteiger partial charge in [-0.25, -0.2) is 9.97 Å². The Labute approximate surface area is 138 Å². The SMILES string of the molecule is N#Cc1ccc(NC2CCCN(c3ncccn3)C2)c([N+](=O)[O-])c1. The van der Waals surface area contributed by atoms with E-state index < -0.39 is 4.92 Å². The van der Waals surface area contributed by atoms with Crippen LogP contribution in [-0.4, -0.2) is 34.0 Å². The number of hydrogen-bond acceptors (Lipinski definition) is 7. The van der Waals surface area contributed by atoms with E-state index in [-0.39, 0.29) is 17.3 Å². The first kappa shape index (κ1) is 15.7. The van der Waals surface area contributed by atoms with E-state index in [9.17, 15) is 10.1 Å². The predicted molar refractivity (Wildman–Crippen MR) is 88.7 cm³/mol. The first-order valence-electron chi connectivity index (χ1n) is 7.64. The van der Waals surface area contributed by atoms with Crippen molar-refractivity contribution in [1.29, 1.82) is 5.26 Å². The summed E-state index contributed by atoms with van der Waals surface area (Å²) in [7, 11) is 0. The Kier molecular flexibility index (Phi) is 4.52. The molecule has 0 spiro atoms. The minimum Gasteiger partial charge on any atom is -0.375 e. The molecule has 1 aliphatic rings. The summed E-state index contributed by atoms with van der Waals surface area (Å²) in [6.45, 7) is 1.53. The molecule has 0 bridgehead atoms. The summed E-state index contributed by atoms with van der Waals surface area (Å²) in [5.74, 6) is 0.665. The molecule has 0 saturated carbocycles. The number of nitrogens with zero attached hydrogens (tertiary/aromatic N) is 5. The maximum atomic E-state index is 11.2. The second-order valence-electron chi connectivity index (χ2n) is 5.58. The van der Waals surface area contributed by atoms with Crippen molar-refractivity contribution in [3.63, 3.8) is 0 Å². The Morgan fingerprint density at radius 2 is 2.17 bits per heavy atom. The average molecular weight is 324 g/mol. The van der Waals surface area contributed by atoms with Crippen LogP contribution in [0.1, 0.15) is 18.4 Å². The molecule has 2 heterocycles. The van der Waals surface area contributed by atoms with Crippen LogP contribution in [0.25, 0.3) is 0 Å². The van der Waals surface area contributed by atoms with Crippen molar-refractivity contribution < 1.29 is 4.92 Å². The molecule has 24 heavy (non-hydrogen) atoms. The molecule has 0 amide bonds. The fraction of sp³-hybridized carbons (Fsp3) is 0.312. The van der Waals surface area contributed by atoms with Gasteiger partial charge in [0.2, 0.25) is 5.95 Å². The molecule has 1 atom stereocenters. The van der Waals surface area contributed by atoms with Crippen LogP contribution in [0, 0.1) is 21.4 Å². The summed E-state index contributed by atoms with van der Waals surface area (Å²) in [5, 5.41) is 23.4. The quantitative estimate of drug-likeness (QED) is 0.679. The number of nitriles is 1. The van der Waals surface area contributed by atoms with Gasteiger partial charge in [0.1, 0.15) is 5.69 Å². The molecule has 8 heteroatoms. The molecule has 1 aliphatic heterocycles. The van der Waals surface area contributed by atoms with E-state index in [1.54, 1.807) is 30.6 Å². The smallest absolute Gasteiger partial charge is 0.293 e. The largest absolute Gasteiger partial charge is 0.375 e. The minimum absolute atomic E-state index is 0.0502. The first-order valence-corrected chi connectivity index (χ1v) is 7.64. The lowest BCUT2D eigenvalue weighted by atomic mass is 10.0. The van der Waals surface area contributed by atoms with Gasteiger partial charge >= 0.3 is 0 Å². The summed E-state index contributed by atoms with van der Waals surface area (Å²) in [4.78, 5) is 21.4. The van der Waals surface area contributed by atoms with E-state index in [2.05, 4.69) is 20.2 Å². The molecule has 8 nitrogen and oxygen atoms in total. The van der Waals surface area contributed by atoms with E-state index in [4.69, 9.17) is 5.26 Å². The monoisotopic (exact) mass is 324 g/mol. The van der Waals surface area contributed by atoms with Crippen LogP contribution in [0.3, 0.4) is 0 Å². The molecule has 1 N–H and O–H groups in total. The summed E-state index contributed by atoms with van der Waals surface area (Å²) in [6.07, 6.45) is 5.25. The highest BCUT2D eigenvalue weighted by Crippen LogP contribution is 2.28. The molecular weight excluding hydrogens is 308 g/mol. The highest BCUT2D eigenvalue weighted by molar-refractivity contribution is 5.64. The molecule has 0 radical (unpaired) electrons. The number of nitro benzene ring substituents is 1. The molecule has 1 aromatic carbocycles. The van der Waals surface area contributed by atoms with Gasteiger partial charge in [0.25, 0.3) is 5.69 Å². The van der Waals surface area contributed by atoms with Crippen LogP contribution in [0.5, 0.6) is 0 Å². The zero-order chi connectivity index (χ0) is 16.9. The van der Waals surface area contributed by atoms with Crippen molar-refractivity contribution in [2.45, 2.75) is 18.9 Å². The van der Waals surface area contributed by atoms with E-state index in [0.717, 1.165) is 19.4 Å². The first-order chi connectivity index (χ1) is 11.7. The third-order valence-electron chi connectivity index (χ3n) is 3.94. The van der Waals surface area contributed by atoms with Gasteiger partial charge in [-0.2, -0.15) is 5.26 Å². The van der Waals surface area contributed by atoms with E-state index in [1.165, 1.54) is 6.07 Å². The summed E-state index contributed by atoms with van der Waals surface area (Å²) < 4.78 is 0. The molecule has 2 aromatic rings. The number of anilines is 2. The van der Waals surface area contributed by atoms with Crippen molar-refractivity contribution in [1.82, 2.24) is 9.97 Å². The fourth-order valence-electron chi connectivity index (χ4n) is 2.83. The molecule has 122 valence electrons. The number of nitro groups is 1. The van der Waals surface area contributed by atoms with Gasteiger partial charge < -0.3 is 10.2 Å².